The van der Waals surface area contributed by atoms with Crippen LogP contribution < -0.4 is 4.90 Å². The lowest BCUT2D eigenvalue weighted by molar-refractivity contribution is -0.131. The molecule has 2 aliphatic heterocycles. The zero-order chi connectivity index (χ0) is 23.3. The summed E-state index contributed by atoms with van der Waals surface area (Å²) >= 11 is 6.07. The first kappa shape index (κ1) is 22.9. The van der Waals surface area contributed by atoms with Gasteiger partial charge in [-0.3, -0.25) is 9.69 Å². The number of carbonyl (C=O) groups is 1. The van der Waals surface area contributed by atoms with E-state index in [1.807, 2.05) is 48.5 Å². The molecule has 2 fully saturated rings. The van der Waals surface area contributed by atoms with Gasteiger partial charge < -0.3 is 9.80 Å². The SMILES string of the molecule is O=C(C(c1ccccc1)c1ccccc1)N1CC[C@@H](N2CCCN(c3ccc(Cl)cc3)CC2)C1. The number of halogens is 1. The first-order valence-corrected chi connectivity index (χ1v) is 12.7. The first-order valence-electron chi connectivity index (χ1n) is 12.3. The number of rotatable bonds is 5. The van der Waals surface area contributed by atoms with Crippen LogP contribution in [0.4, 0.5) is 5.69 Å². The van der Waals surface area contributed by atoms with Gasteiger partial charge in [-0.25, -0.2) is 0 Å². The normalized spacial score (nSPS) is 19.4. The van der Waals surface area contributed by atoms with Gasteiger partial charge >= 0.3 is 0 Å². The Hall–Kier alpha value is -2.82. The van der Waals surface area contributed by atoms with Crippen molar-refractivity contribution in [3.05, 3.63) is 101 Å². The van der Waals surface area contributed by atoms with E-state index in [0.29, 0.717) is 6.04 Å². The summed E-state index contributed by atoms with van der Waals surface area (Å²) in [6.45, 7) is 5.81. The van der Waals surface area contributed by atoms with Crippen molar-refractivity contribution in [3.63, 3.8) is 0 Å². The molecule has 0 aromatic heterocycles. The molecule has 2 heterocycles. The van der Waals surface area contributed by atoms with Gasteiger partial charge in [0.25, 0.3) is 0 Å². The van der Waals surface area contributed by atoms with Gasteiger partial charge in [0.05, 0.1) is 5.92 Å². The third-order valence-electron chi connectivity index (χ3n) is 7.23. The maximum atomic E-state index is 13.8. The number of nitrogens with zero attached hydrogens (tertiary/aromatic N) is 3. The topological polar surface area (TPSA) is 26.8 Å². The van der Waals surface area contributed by atoms with Crippen molar-refractivity contribution >= 4 is 23.2 Å². The molecule has 0 bridgehead atoms. The molecule has 0 N–H and O–H groups in total. The number of hydrogen-bond acceptors (Lipinski definition) is 3. The highest BCUT2D eigenvalue weighted by molar-refractivity contribution is 6.30. The average molecular weight is 474 g/mol. The van der Waals surface area contributed by atoms with Crippen molar-refractivity contribution < 1.29 is 4.79 Å². The lowest BCUT2D eigenvalue weighted by atomic mass is 9.90. The standard InChI is InChI=1S/C29H32ClN3O/c30-25-12-14-26(15-13-25)31-17-7-18-32(21-20-31)27-16-19-33(22-27)29(34)28(23-8-3-1-4-9-23)24-10-5-2-6-11-24/h1-6,8-15,27-28H,7,16-22H2/t27-/m1/s1. The quantitative estimate of drug-likeness (QED) is 0.504. The van der Waals surface area contributed by atoms with Crippen LogP contribution in [0, 0.1) is 0 Å². The molecular formula is C29H32ClN3O. The summed E-state index contributed by atoms with van der Waals surface area (Å²) in [6.07, 6.45) is 2.17. The number of benzene rings is 3. The zero-order valence-electron chi connectivity index (χ0n) is 19.5. The van der Waals surface area contributed by atoms with E-state index in [2.05, 4.69) is 51.1 Å². The van der Waals surface area contributed by atoms with Crippen LogP contribution in [0.25, 0.3) is 0 Å². The fourth-order valence-corrected chi connectivity index (χ4v) is 5.53. The summed E-state index contributed by atoms with van der Waals surface area (Å²) in [7, 11) is 0. The monoisotopic (exact) mass is 473 g/mol. The minimum absolute atomic E-state index is 0.220. The van der Waals surface area contributed by atoms with E-state index < -0.39 is 0 Å². The van der Waals surface area contributed by atoms with Crippen molar-refractivity contribution in [2.75, 3.05) is 44.2 Å². The summed E-state index contributed by atoms with van der Waals surface area (Å²) in [5.41, 5.74) is 3.37. The van der Waals surface area contributed by atoms with Gasteiger partial charge in [0.1, 0.15) is 0 Å². The van der Waals surface area contributed by atoms with Gasteiger partial charge in [0, 0.05) is 56.0 Å². The van der Waals surface area contributed by atoms with Crippen LogP contribution in [0.1, 0.15) is 29.9 Å². The van der Waals surface area contributed by atoms with Crippen LogP contribution >= 0.6 is 11.6 Å². The van der Waals surface area contributed by atoms with Crippen molar-refractivity contribution in [2.45, 2.75) is 24.8 Å². The Morgan fingerprint density at radius 3 is 2.06 bits per heavy atom. The molecule has 1 amide bonds. The summed E-state index contributed by atoms with van der Waals surface area (Å²) in [6, 6.07) is 29.0. The molecule has 0 radical (unpaired) electrons. The molecule has 5 rings (SSSR count). The predicted molar refractivity (Wildman–Crippen MR) is 140 cm³/mol. The smallest absolute Gasteiger partial charge is 0.234 e. The maximum absolute atomic E-state index is 13.8. The van der Waals surface area contributed by atoms with Crippen LogP contribution in [0.3, 0.4) is 0 Å². The zero-order valence-corrected chi connectivity index (χ0v) is 20.3. The Morgan fingerprint density at radius 1 is 0.765 bits per heavy atom. The van der Waals surface area contributed by atoms with Crippen LogP contribution in [0.15, 0.2) is 84.9 Å². The van der Waals surface area contributed by atoms with Crippen molar-refractivity contribution in [3.8, 4) is 0 Å². The molecule has 0 unspecified atom stereocenters. The Bertz CT molecular complexity index is 1030. The average Bonchev–Trinajstić information content (AvgIpc) is 3.24. The van der Waals surface area contributed by atoms with Gasteiger partial charge in [0.2, 0.25) is 5.91 Å². The molecule has 176 valence electrons. The number of hydrogen-bond donors (Lipinski definition) is 0. The van der Waals surface area contributed by atoms with Crippen molar-refractivity contribution in [2.24, 2.45) is 0 Å². The van der Waals surface area contributed by atoms with E-state index in [-0.39, 0.29) is 11.8 Å². The van der Waals surface area contributed by atoms with Gasteiger partial charge in [-0.1, -0.05) is 72.3 Å². The molecule has 3 aromatic rings. The Labute approximate surface area is 207 Å². The largest absolute Gasteiger partial charge is 0.370 e. The highest BCUT2D eigenvalue weighted by atomic mass is 35.5. The fraction of sp³-hybridized carbons (Fsp3) is 0.345. The molecule has 3 aromatic carbocycles. The van der Waals surface area contributed by atoms with Crippen LogP contribution in [0.2, 0.25) is 5.02 Å². The van der Waals surface area contributed by atoms with E-state index >= 15 is 0 Å². The van der Waals surface area contributed by atoms with E-state index in [9.17, 15) is 4.79 Å². The van der Waals surface area contributed by atoms with E-state index in [1.165, 1.54) is 5.69 Å². The van der Waals surface area contributed by atoms with Gasteiger partial charge in [-0.05, 0) is 48.2 Å². The van der Waals surface area contributed by atoms with E-state index in [0.717, 1.165) is 68.3 Å². The predicted octanol–water partition coefficient (Wildman–Crippen LogP) is 5.29. The molecule has 4 nitrogen and oxygen atoms in total. The van der Waals surface area contributed by atoms with E-state index in [1.54, 1.807) is 0 Å². The summed E-state index contributed by atoms with van der Waals surface area (Å²) in [4.78, 5) is 20.9. The second-order valence-electron chi connectivity index (χ2n) is 9.33. The number of amides is 1. The number of anilines is 1. The Balaban J connectivity index is 1.25. The first-order chi connectivity index (χ1) is 16.7. The van der Waals surface area contributed by atoms with Gasteiger partial charge in [-0.2, -0.15) is 0 Å². The van der Waals surface area contributed by atoms with Crippen LogP contribution in [-0.4, -0.2) is 61.0 Å². The molecular weight excluding hydrogens is 442 g/mol. The minimum atomic E-state index is -0.245. The third-order valence-corrected chi connectivity index (χ3v) is 7.48. The van der Waals surface area contributed by atoms with Crippen molar-refractivity contribution in [1.29, 1.82) is 0 Å². The number of likely N-dealkylation sites (tertiary alicyclic amines) is 1. The summed E-state index contributed by atoms with van der Waals surface area (Å²) in [5, 5.41) is 0.778. The van der Waals surface area contributed by atoms with Gasteiger partial charge in [0.15, 0.2) is 0 Å². The van der Waals surface area contributed by atoms with Gasteiger partial charge in [-0.15, -0.1) is 0 Å². The minimum Gasteiger partial charge on any atom is -0.370 e. The summed E-state index contributed by atoms with van der Waals surface area (Å²) in [5.74, 6) is -0.0248. The van der Waals surface area contributed by atoms with Crippen LogP contribution in [-0.2, 0) is 4.79 Å². The Kier molecular flexibility index (Phi) is 7.17. The van der Waals surface area contributed by atoms with E-state index in [4.69, 9.17) is 11.6 Å². The molecule has 1 atom stereocenters. The second-order valence-corrected chi connectivity index (χ2v) is 9.77. The highest BCUT2D eigenvalue weighted by Crippen LogP contribution is 2.29. The van der Waals surface area contributed by atoms with Crippen molar-refractivity contribution in [1.82, 2.24) is 9.80 Å². The summed E-state index contributed by atoms with van der Waals surface area (Å²) < 4.78 is 0. The molecule has 0 saturated carbocycles. The fourth-order valence-electron chi connectivity index (χ4n) is 5.40. The molecule has 2 saturated heterocycles. The maximum Gasteiger partial charge on any atom is 0.234 e. The highest BCUT2D eigenvalue weighted by Gasteiger charge is 2.35. The molecule has 5 heteroatoms. The number of carbonyl (C=O) groups excluding carboxylic acids is 1. The lowest BCUT2D eigenvalue weighted by Crippen LogP contribution is -2.42. The third kappa shape index (κ3) is 5.13. The molecule has 0 spiro atoms. The molecule has 2 aliphatic rings. The Morgan fingerprint density at radius 2 is 1.41 bits per heavy atom. The molecule has 0 aliphatic carbocycles. The molecule has 34 heavy (non-hydrogen) atoms. The van der Waals surface area contributed by atoms with Crippen LogP contribution in [0.5, 0.6) is 0 Å². The second kappa shape index (κ2) is 10.6. The lowest BCUT2D eigenvalue weighted by Gasteiger charge is -2.29.